The summed E-state index contributed by atoms with van der Waals surface area (Å²) in [6, 6.07) is 18.8. The second-order valence-corrected chi connectivity index (χ2v) is 8.38. The summed E-state index contributed by atoms with van der Waals surface area (Å²) in [6.07, 6.45) is 0.00108. The van der Waals surface area contributed by atoms with E-state index >= 15 is 0 Å². The SMILES string of the molecule is CC.Nc1ccc2[nH]c(=O)n(-c3ccc(CC(NC(=O)c4cc5ccccc5[nH]4)C(=O)O)cc3)c(=O)c2c1. The molecule has 6 N–H and O–H groups in total. The first-order valence-corrected chi connectivity index (χ1v) is 12.1. The number of carbonyl (C=O) groups is 2. The second-order valence-electron chi connectivity index (χ2n) is 8.38. The quantitative estimate of drug-likeness (QED) is 0.219. The summed E-state index contributed by atoms with van der Waals surface area (Å²) >= 11 is 0. The number of aromatic nitrogens is 3. The Kier molecular flexibility index (Phi) is 7.43. The van der Waals surface area contributed by atoms with E-state index in [1.165, 1.54) is 6.07 Å². The number of fused-ring (bicyclic) bond motifs is 2. The van der Waals surface area contributed by atoms with Crippen LogP contribution in [0, 0.1) is 0 Å². The number of H-pyrrole nitrogens is 2. The summed E-state index contributed by atoms with van der Waals surface area (Å²) in [5, 5.41) is 13.3. The second kappa shape index (κ2) is 10.9. The summed E-state index contributed by atoms with van der Waals surface area (Å²) in [5.74, 6) is -1.73. The number of aliphatic carboxylic acids is 1. The molecular weight excluding hydrogens is 486 g/mol. The molecule has 0 aliphatic heterocycles. The van der Waals surface area contributed by atoms with Gasteiger partial charge in [0, 0.05) is 23.0 Å². The molecule has 2 aromatic heterocycles. The minimum atomic E-state index is -1.19. The Morgan fingerprint density at radius 3 is 2.34 bits per heavy atom. The van der Waals surface area contributed by atoms with Crippen LogP contribution in [0.15, 0.2) is 82.4 Å². The maximum atomic E-state index is 12.9. The number of benzene rings is 3. The highest BCUT2D eigenvalue weighted by molar-refractivity contribution is 5.99. The summed E-state index contributed by atoms with van der Waals surface area (Å²) in [4.78, 5) is 55.6. The number of rotatable bonds is 6. The lowest BCUT2D eigenvalue weighted by Gasteiger charge is -2.15. The van der Waals surface area contributed by atoms with Crippen molar-refractivity contribution in [2.75, 3.05) is 5.73 Å². The zero-order valence-corrected chi connectivity index (χ0v) is 20.8. The van der Waals surface area contributed by atoms with Gasteiger partial charge in [-0.1, -0.05) is 44.2 Å². The molecule has 1 atom stereocenters. The molecule has 0 radical (unpaired) electrons. The van der Waals surface area contributed by atoms with Gasteiger partial charge in [-0.25, -0.2) is 14.2 Å². The van der Waals surface area contributed by atoms with Crippen molar-refractivity contribution >= 4 is 39.4 Å². The molecule has 5 rings (SSSR count). The van der Waals surface area contributed by atoms with Gasteiger partial charge < -0.3 is 26.1 Å². The van der Waals surface area contributed by atoms with Crippen molar-refractivity contribution in [2.24, 2.45) is 0 Å². The maximum Gasteiger partial charge on any atom is 0.333 e. The third kappa shape index (κ3) is 5.19. The van der Waals surface area contributed by atoms with Gasteiger partial charge in [-0.3, -0.25) is 9.59 Å². The number of nitrogens with zero attached hydrogens (tertiary/aromatic N) is 1. The van der Waals surface area contributed by atoms with Gasteiger partial charge in [0.05, 0.1) is 16.6 Å². The van der Waals surface area contributed by atoms with Crippen LogP contribution in [0.25, 0.3) is 27.5 Å². The molecule has 2 heterocycles. The van der Waals surface area contributed by atoms with Crippen molar-refractivity contribution in [3.8, 4) is 5.69 Å². The summed E-state index contributed by atoms with van der Waals surface area (Å²) in [7, 11) is 0. The topological polar surface area (TPSA) is 163 Å². The zero-order chi connectivity index (χ0) is 27.4. The molecule has 38 heavy (non-hydrogen) atoms. The number of carboxylic acids is 1. The van der Waals surface area contributed by atoms with Gasteiger partial charge >= 0.3 is 11.7 Å². The van der Waals surface area contributed by atoms with Crippen molar-refractivity contribution in [1.82, 2.24) is 19.9 Å². The standard InChI is InChI=1S/C26H21N5O5.C2H6/c27-16-7-10-20-18(13-16)24(33)31(26(36)30-20)17-8-5-14(6-9-17)11-22(25(34)35)29-23(32)21-12-15-3-1-2-4-19(15)28-21;1-2/h1-10,12-13,22,28H,11,27H2,(H,29,32)(H,30,36)(H,34,35);1-2H3. The van der Waals surface area contributed by atoms with E-state index in [4.69, 9.17) is 5.73 Å². The monoisotopic (exact) mass is 513 g/mol. The first kappa shape index (κ1) is 26.0. The van der Waals surface area contributed by atoms with Crippen LogP contribution in [0.2, 0.25) is 0 Å². The Labute approximate surface area is 216 Å². The maximum absolute atomic E-state index is 12.9. The highest BCUT2D eigenvalue weighted by Crippen LogP contribution is 2.16. The van der Waals surface area contributed by atoms with Crippen molar-refractivity contribution in [1.29, 1.82) is 0 Å². The van der Waals surface area contributed by atoms with Crippen LogP contribution in [0.5, 0.6) is 0 Å². The van der Waals surface area contributed by atoms with Crippen LogP contribution >= 0.6 is 0 Å². The molecule has 5 aromatic rings. The van der Waals surface area contributed by atoms with Gasteiger partial charge in [-0.2, -0.15) is 0 Å². The molecule has 1 unspecified atom stereocenters. The van der Waals surface area contributed by atoms with Crippen LogP contribution in [-0.2, 0) is 11.2 Å². The highest BCUT2D eigenvalue weighted by Gasteiger charge is 2.22. The lowest BCUT2D eigenvalue weighted by Crippen LogP contribution is -2.42. The van der Waals surface area contributed by atoms with Gasteiger partial charge in [0.2, 0.25) is 0 Å². The van der Waals surface area contributed by atoms with E-state index in [2.05, 4.69) is 15.3 Å². The van der Waals surface area contributed by atoms with Gasteiger partial charge in [0.1, 0.15) is 11.7 Å². The number of carbonyl (C=O) groups excluding carboxylic acids is 1. The fourth-order valence-corrected chi connectivity index (χ4v) is 4.11. The normalized spacial score (nSPS) is 11.5. The minimum absolute atomic E-state index is 0.00108. The number of hydrogen-bond donors (Lipinski definition) is 5. The number of aromatic amines is 2. The van der Waals surface area contributed by atoms with Crippen LogP contribution in [0.3, 0.4) is 0 Å². The molecule has 0 spiro atoms. The molecule has 0 aliphatic rings. The van der Waals surface area contributed by atoms with Crippen LogP contribution < -0.4 is 22.3 Å². The van der Waals surface area contributed by atoms with E-state index in [9.17, 15) is 24.3 Å². The first-order valence-electron chi connectivity index (χ1n) is 12.1. The van der Waals surface area contributed by atoms with E-state index < -0.39 is 29.2 Å². The number of carboxylic acid groups (broad SMARTS) is 1. The Hall–Kier alpha value is -5.12. The zero-order valence-electron chi connectivity index (χ0n) is 20.8. The van der Waals surface area contributed by atoms with Crippen molar-refractivity contribution < 1.29 is 14.7 Å². The van der Waals surface area contributed by atoms with Gasteiger partial charge in [0.25, 0.3) is 11.5 Å². The number of amides is 1. The minimum Gasteiger partial charge on any atom is -0.480 e. The van der Waals surface area contributed by atoms with Crippen LogP contribution in [0.1, 0.15) is 29.9 Å². The summed E-state index contributed by atoms with van der Waals surface area (Å²) in [6.45, 7) is 4.00. The van der Waals surface area contributed by atoms with Gasteiger partial charge in [0.15, 0.2) is 0 Å². The Morgan fingerprint density at radius 1 is 0.947 bits per heavy atom. The van der Waals surface area contributed by atoms with Gasteiger partial charge in [-0.05, 0) is 48.0 Å². The lowest BCUT2D eigenvalue weighted by molar-refractivity contribution is -0.139. The lowest BCUT2D eigenvalue weighted by atomic mass is 10.1. The molecule has 194 valence electrons. The number of anilines is 1. The first-order chi connectivity index (χ1) is 18.3. The molecule has 0 bridgehead atoms. The average molecular weight is 514 g/mol. The van der Waals surface area contributed by atoms with E-state index in [0.717, 1.165) is 15.5 Å². The van der Waals surface area contributed by atoms with E-state index in [-0.39, 0.29) is 17.5 Å². The molecular formula is C28H27N5O5. The molecule has 10 nitrogen and oxygen atoms in total. The predicted octanol–water partition coefficient (Wildman–Crippen LogP) is 3.19. The third-order valence-electron chi connectivity index (χ3n) is 5.93. The van der Waals surface area contributed by atoms with Crippen molar-refractivity contribution in [3.63, 3.8) is 0 Å². The van der Waals surface area contributed by atoms with Crippen molar-refractivity contribution in [3.05, 3.63) is 105 Å². The third-order valence-corrected chi connectivity index (χ3v) is 5.93. The molecule has 10 heteroatoms. The predicted molar refractivity (Wildman–Crippen MR) is 147 cm³/mol. The van der Waals surface area contributed by atoms with E-state index in [1.54, 1.807) is 42.5 Å². The summed E-state index contributed by atoms with van der Waals surface area (Å²) in [5.41, 5.74) is 7.34. The molecule has 0 aliphatic carbocycles. The molecule has 0 fully saturated rings. The highest BCUT2D eigenvalue weighted by atomic mass is 16.4. The molecule has 1 amide bonds. The number of nitrogens with two attached hydrogens (primary N) is 1. The van der Waals surface area contributed by atoms with E-state index in [0.29, 0.717) is 22.5 Å². The number of nitrogens with one attached hydrogen (secondary N) is 3. The summed E-state index contributed by atoms with van der Waals surface area (Å²) < 4.78 is 0.984. The fraction of sp³-hybridized carbons (Fsp3) is 0.143. The van der Waals surface area contributed by atoms with E-state index in [1.807, 2.05) is 38.1 Å². The number of nitrogen functional groups attached to an aromatic ring is 1. The molecule has 0 saturated heterocycles. The Bertz CT molecular complexity index is 1720. The number of hydrogen-bond acceptors (Lipinski definition) is 5. The Balaban J connectivity index is 0.00000164. The fourth-order valence-electron chi connectivity index (χ4n) is 4.11. The largest absolute Gasteiger partial charge is 0.480 e. The van der Waals surface area contributed by atoms with Crippen LogP contribution in [-0.4, -0.2) is 37.6 Å². The molecule has 3 aromatic carbocycles. The average Bonchev–Trinajstić information content (AvgIpc) is 3.35. The van der Waals surface area contributed by atoms with Gasteiger partial charge in [-0.15, -0.1) is 0 Å². The smallest absolute Gasteiger partial charge is 0.333 e. The van der Waals surface area contributed by atoms with Crippen molar-refractivity contribution in [2.45, 2.75) is 26.3 Å². The molecule has 0 saturated carbocycles. The number of para-hydroxylation sites is 1. The van der Waals surface area contributed by atoms with Crippen LogP contribution in [0.4, 0.5) is 5.69 Å². The Morgan fingerprint density at radius 2 is 1.66 bits per heavy atom.